The molecule has 1 saturated heterocycles. The summed E-state index contributed by atoms with van der Waals surface area (Å²) in [5.41, 5.74) is 0.0170. The van der Waals surface area contributed by atoms with E-state index in [0.717, 1.165) is 18.4 Å². The third kappa shape index (κ3) is 5.04. The number of nitrogens with zero attached hydrogens (tertiary/aromatic N) is 3. The van der Waals surface area contributed by atoms with Crippen molar-refractivity contribution in [3.8, 4) is 6.07 Å². The second kappa shape index (κ2) is 8.05. The molecule has 0 bridgehead atoms. The zero-order chi connectivity index (χ0) is 19.4. The fourth-order valence-electron chi connectivity index (χ4n) is 3.46. The Morgan fingerprint density at radius 1 is 1.22 bits per heavy atom. The van der Waals surface area contributed by atoms with Gasteiger partial charge >= 0.3 is 0 Å². The van der Waals surface area contributed by atoms with Crippen LogP contribution in [-0.2, 0) is 16.0 Å². The van der Waals surface area contributed by atoms with E-state index in [0.29, 0.717) is 26.2 Å². The molecule has 1 aliphatic carbocycles. The van der Waals surface area contributed by atoms with Crippen molar-refractivity contribution >= 4 is 11.8 Å². The summed E-state index contributed by atoms with van der Waals surface area (Å²) in [7, 11) is 0. The molecular weight excluding hydrogens is 347 g/mol. The van der Waals surface area contributed by atoms with E-state index in [1.54, 1.807) is 24.0 Å². The van der Waals surface area contributed by atoms with Gasteiger partial charge in [0.2, 0.25) is 11.8 Å². The fourth-order valence-corrected chi connectivity index (χ4v) is 3.46. The van der Waals surface area contributed by atoms with Crippen molar-refractivity contribution in [1.82, 2.24) is 15.1 Å². The summed E-state index contributed by atoms with van der Waals surface area (Å²) in [6.07, 6.45) is 2.22. The van der Waals surface area contributed by atoms with Gasteiger partial charge in [-0.1, -0.05) is 12.1 Å². The van der Waals surface area contributed by atoms with Crippen LogP contribution in [0.2, 0.25) is 0 Å². The van der Waals surface area contributed by atoms with E-state index in [2.05, 4.69) is 11.4 Å². The Labute approximate surface area is 158 Å². The number of hydrogen-bond donors (Lipinski definition) is 1. The normalized spacial score (nSPS) is 19.8. The van der Waals surface area contributed by atoms with Gasteiger partial charge in [-0.2, -0.15) is 5.26 Å². The lowest BCUT2D eigenvalue weighted by Crippen LogP contribution is -2.54. The highest BCUT2D eigenvalue weighted by Gasteiger charge is 2.43. The molecule has 1 heterocycles. The van der Waals surface area contributed by atoms with Crippen molar-refractivity contribution < 1.29 is 14.0 Å². The van der Waals surface area contributed by atoms with E-state index >= 15 is 0 Å². The van der Waals surface area contributed by atoms with E-state index < -0.39 is 5.54 Å². The molecule has 2 amide bonds. The Bertz CT molecular complexity index is 733. The molecule has 3 rings (SSSR count). The molecule has 6 nitrogen and oxygen atoms in total. The van der Waals surface area contributed by atoms with E-state index in [9.17, 15) is 19.2 Å². The summed E-state index contributed by atoms with van der Waals surface area (Å²) < 4.78 is 12.9. The molecule has 0 unspecified atom stereocenters. The molecule has 7 heteroatoms. The molecule has 1 aliphatic heterocycles. The van der Waals surface area contributed by atoms with Crippen LogP contribution >= 0.6 is 0 Å². The molecule has 0 aromatic heterocycles. The van der Waals surface area contributed by atoms with Crippen molar-refractivity contribution in [3.05, 3.63) is 35.6 Å². The fraction of sp³-hybridized carbons (Fsp3) is 0.550. The van der Waals surface area contributed by atoms with E-state index in [-0.39, 0.29) is 36.5 Å². The smallest absolute Gasteiger partial charge is 0.235 e. The van der Waals surface area contributed by atoms with Crippen LogP contribution in [0.1, 0.15) is 25.3 Å². The lowest BCUT2D eigenvalue weighted by molar-refractivity contribution is -0.132. The standard InChI is InChI=1S/C20H25FN4O2/c1-20(14-22,16-4-5-16)23-18(26)13-24-8-10-25(11-9-24)19(27)12-15-2-6-17(21)7-3-15/h2-3,6-7,16H,4-5,8-13H2,1H3,(H,23,26)/t20-/m0/s1. The Morgan fingerprint density at radius 2 is 1.85 bits per heavy atom. The molecule has 0 radical (unpaired) electrons. The molecule has 2 aliphatic rings. The second-order valence-corrected chi connectivity index (χ2v) is 7.60. The minimum atomic E-state index is -0.774. The summed E-state index contributed by atoms with van der Waals surface area (Å²) in [5, 5.41) is 12.2. The molecule has 0 spiro atoms. The van der Waals surface area contributed by atoms with Gasteiger partial charge in [-0.05, 0) is 43.4 Å². The summed E-state index contributed by atoms with van der Waals surface area (Å²) >= 11 is 0. The van der Waals surface area contributed by atoms with Crippen molar-refractivity contribution in [2.24, 2.45) is 5.92 Å². The average Bonchev–Trinajstić information content (AvgIpc) is 3.49. The van der Waals surface area contributed by atoms with E-state index in [4.69, 9.17) is 0 Å². The summed E-state index contributed by atoms with van der Waals surface area (Å²) in [5.74, 6) is -0.187. The van der Waals surface area contributed by atoms with Crippen LogP contribution in [0, 0.1) is 23.1 Å². The maximum absolute atomic E-state index is 12.9. The van der Waals surface area contributed by atoms with Crippen LogP contribution in [0.5, 0.6) is 0 Å². The first-order chi connectivity index (χ1) is 12.9. The number of hydrogen-bond acceptors (Lipinski definition) is 4. The highest BCUT2D eigenvalue weighted by molar-refractivity contribution is 5.80. The molecule has 1 aromatic rings. The number of piperazine rings is 1. The van der Waals surface area contributed by atoms with E-state index in [1.807, 2.05) is 4.90 Å². The van der Waals surface area contributed by atoms with Gasteiger partial charge in [-0.25, -0.2) is 4.39 Å². The van der Waals surface area contributed by atoms with Crippen LogP contribution < -0.4 is 5.32 Å². The highest BCUT2D eigenvalue weighted by atomic mass is 19.1. The number of nitriles is 1. The SMILES string of the molecule is C[C@@](C#N)(NC(=O)CN1CCN(C(=O)Cc2ccc(F)cc2)CC1)C1CC1. The molecule has 1 saturated carbocycles. The number of carbonyl (C=O) groups is 2. The maximum atomic E-state index is 12.9. The van der Waals surface area contributed by atoms with E-state index in [1.165, 1.54) is 12.1 Å². The Hall–Kier alpha value is -2.46. The van der Waals surface area contributed by atoms with Crippen LogP contribution in [0.25, 0.3) is 0 Å². The number of benzene rings is 1. The third-order valence-electron chi connectivity index (χ3n) is 5.39. The number of nitrogens with one attached hydrogen (secondary N) is 1. The molecule has 1 N–H and O–H groups in total. The molecular formula is C20H25FN4O2. The van der Waals surface area contributed by atoms with Gasteiger partial charge in [0.1, 0.15) is 11.4 Å². The first-order valence-electron chi connectivity index (χ1n) is 9.36. The van der Waals surface area contributed by atoms with Crippen LogP contribution in [0.15, 0.2) is 24.3 Å². The van der Waals surface area contributed by atoms with Gasteiger partial charge in [0.15, 0.2) is 0 Å². The summed E-state index contributed by atoms with van der Waals surface area (Å²) in [4.78, 5) is 28.5. The van der Waals surface area contributed by atoms with Gasteiger partial charge < -0.3 is 10.2 Å². The van der Waals surface area contributed by atoms with Crippen molar-refractivity contribution in [2.45, 2.75) is 31.7 Å². The summed E-state index contributed by atoms with van der Waals surface area (Å²) in [6, 6.07) is 8.19. The Morgan fingerprint density at radius 3 is 2.41 bits per heavy atom. The van der Waals surface area contributed by atoms with Crippen LogP contribution in [0.4, 0.5) is 4.39 Å². The maximum Gasteiger partial charge on any atom is 0.235 e. The molecule has 2 fully saturated rings. The van der Waals surface area contributed by atoms with Gasteiger partial charge in [-0.3, -0.25) is 14.5 Å². The quantitative estimate of drug-likeness (QED) is 0.817. The number of carbonyl (C=O) groups excluding carboxylic acids is 2. The Kier molecular flexibility index (Phi) is 5.76. The zero-order valence-corrected chi connectivity index (χ0v) is 15.6. The van der Waals surface area contributed by atoms with Crippen LogP contribution in [-0.4, -0.2) is 59.9 Å². The predicted molar refractivity (Wildman–Crippen MR) is 98.0 cm³/mol. The van der Waals surface area contributed by atoms with Gasteiger partial charge in [-0.15, -0.1) is 0 Å². The minimum Gasteiger partial charge on any atom is -0.340 e. The van der Waals surface area contributed by atoms with Gasteiger partial charge in [0.25, 0.3) is 0 Å². The van der Waals surface area contributed by atoms with Crippen molar-refractivity contribution in [2.75, 3.05) is 32.7 Å². The highest BCUT2D eigenvalue weighted by Crippen LogP contribution is 2.39. The molecule has 1 aromatic carbocycles. The molecule has 1 atom stereocenters. The van der Waals surface area contributed by atoms with Crippen molar-refractivity contribution in [3.63, 3.8) is 0 Å². The monoisotopic (exact) mass is 372 g/mol. The first-order valence-corrected chi connectivity index (χ1v) is 9.36. The van der Waals surface area contributed by atoms with Crippen LogP contribution in [0.3, 0.4) is 0 Å². The number of amides is 2. The number of rotatable bonds is 6. The summed E-state index contributed by atoms with van der Waals surface area (Å²) in [6.45, 7) is 4.39. The predicted octanol–water partition coefficient (Wildman–Crippen LogP) is 1.32. The largest absolute Gasteiger partial charge is 0.340 e. The molecule has 144 valence electrons. The van der Waals surface area contributed by atoms with Gasteiger partial charge in [0.05, 0.1) is 19.0 Å². The zero-order valence-electron chi connectivity index (χ0n) is 15.6. The molecule has 27 heavy (non-hydrogen) atoms. The lowest BCUT2D eigenvalue weighted by Gasteiger charge is -2.35. The Balaban J connectivity index is 1.43. The second-order valence-electron chi connectivity index (χ2n) is 7.60. The average molecular weight is 372 g/mol. The topological polar surface area (TPSA) is 76.4 Å². The third-order valence-corrected chi connectivity index (χ3v) is 5.39. The number of halogens is 1. The van der Waals surface area contributed by atoms with Gasteiger partial charge in [0, 0.05) is 26.2 Å². The first kappa shape index (κ1) is 19.3. The lowest BCUT2D eigenvalue weighted by atomic mass is 9.98. The minimum absolute atomic E-state index is 0.0106. The van der Waals surface area contributed by atoms with Crippen molar-refractivity contribution in [1.29, 1.82) is 5.26 Å².